The van der Waals surface area contributed by atoms with Gasteiger partial charge in [-0.05, 0) is 5.56 Å². The smallest absolute Gasteiger partial charge is 0.303 e. The predicted octanol–water partition coefficient (Wildman–Crippen LogP) is 0.984. The van der Waals surface area contributed by atoms with Crippen LogP contribution in [0.5, 0.6) is 0 Å². The maximum Gasteiger partial charge on any atom is 0.303 e. The summed E-state index contributed by atoms with van der Waals surface area (Å²) in [5.41, 5.74) is 1.17. The number of aromatic nitrogens is 3. The van der Waals surface area contributed by atoms with E-state index in [1.165, 1.54) is 5.56 Å². The largest absolute Gasteiger partial charge is 0.312 e. The predicted molar refractivity (Wildman–Crippen MR) is 79.4 cm³/mol. The highest BCUT2D eigenvalue weighted by Gasteiger charge is 2.22. The number of benzene rings is 1. The second-order valence-electron chi connectivity index (χ2n) is 5.37. The quantitative estimate of drug-likeness (QED) is 0.767. The van der Waals surface area contributed by atoms with E-state index >= 15 is 0 Å². The Kier molecular flexibility index (Phi) is 4.21. The van der Waals surface area contributed by atoms with Gasteiger partial charge >= 0.3 is 10.2 Å². The summed E-state index contributed by atoms with van der Waals surface area (Å²) in [5.74, 6) is 1.23. The maximum atomic E-state index is 12.6. The molecule has 0 bridgehead atoms. The van der Waals surface area contributed by atoms with Gasteiger partial charge in [-0.1, -0.05) is 30.3 Å². The van der Waals surface area contributed by atoms with Gasteiger partial charge in [0, 0.05) is 26.1 Å². The third-order valence-electron chi connectivity index (χ3n) is 3.77. The fourth-order valence-electron chi connectivity index (χ4n) is 2.61. The van der Waals surface area contributed by atoms with Crippen LogP contribution in [0, 0.1) is 0 Å². The molecule has 2 aromatic rings. The van der Waals surface area contributed by atoms with Crippen LogP contribution in [0.3, 0.4) is 0 Å². The van der Waals surface area contributed by atoms with Crippen LogP contribution in [0.25, 0.3) is 0 Å². The minimum atomic E-state index is -4.42. The fraction of sp³-hybridized carbons (Fsp3) is 0.429. The number of fused-ring (bicyclic) bond motifs is 1. The third kappa shape index (κ3) is 3.69. The van der Waals surface area contributed by atoms with Crippen molar-refractivity contribution in [3.05, 3.63) is 47.5 Å². The zero-order chi connectivity index (χ0) is 15.6. The monoisotopic (exact) mass is 324 g/mol. The van der Waals surface area contributed by atoms with E-state index in [1.54, 1.807) is 0 Å². The molecule has 0 N–H and O–H groups in total. The van der Waals surface area contributed by atoms with E-state index < -0.39 is 16.0 Å². The molecule has 0 saturated heterocycles. The molecule has 118 valence electrons. The standard InChI is InChI=1S/C14H17FN4O2S/c15-22(20,21)9-8-18-6-7-19-13(16-17-14(19)11-18)10-12-4-2-1-3-5-12/h1-5H,6-11H2. The topological polar surface area (TPSA) is 68.1 Å². The second kappa shape index (κ2) is 6.13. The molecule has 1 aliphatic heterocycles. The van der Waals surface area contributed by atoms with Gasteiger partial charge < -0.3 is 4.57 Å². The molecule has 8 heteroatoms. The van der Waals surface area contributed by atoms with E-state index in [-0.39, 0.29) is 6.54 Å². The Morgan fingerprint density at radius 1 is 1.14 bits per heavy atom. The number of hydrogen-bond donors (Lipinski definition) is 0. The molecule has 1 aromatic heterocycles. The number of nitrogens with zero attached hydrogens (tertiary/aromatic N) is 4. The van der Waals surface area contributed by atoms with E-state index in [0.717, 1.165) is 11.6 Å². The molecule has 22 heavy (non-hydrogen) atoms. The van der Waals surface area contributed by atoms with Gasteiger partial charge in [0.1, 0.15) is 11.6 Å². The molecule has 0 atom stereocenters. The zero-order valence-electron chi connectivity index (χ0n) is 12.0. The average molecular weight is 324 g/mol. The van der Waals surface area contributed by atoms with Gasteiger partial charge in [0.15, 0.2) is 0 Å². The van der Waals surface area contributed by atoms with Crippen molar-refractivity contribution in [2.45, 2.75) is 19.5 Å². The Hall–Kier alpha value is -1.80. The molecule has 0 aliphatic carbocycles. The van der Waals surface area contributed by atoms with Gasteiger partial charge in [0.2, 0.25) is 0 Å². The van der Waals surface area contributed by atoms with E-state index in [0.29, 0.717) is 26.1 Å². The molecule has 1 aliphatic rings. The molecule has 3 rings (SSSR count). The Morgan fingerprint density at radius 3 is 2.64 bits per heavy atom. The van der Waals surface area contributed by atoms with Crippen molar-refractivity contribution in [2.24, 2.45) is 0 Å². The Labute approximate surface area is 128 Å². The van der Waals surface area contributed by atoms with Gasteiger partial charge in [-0.25, -0.2) is 0 Å². The van der Waals surface area contributed by atoms with Gasteiger partial charge in [0.25, 0.3) is 0 Å². The van der Waals surface area contributed by atoms with Crippen LogP contribution in [-0.2, 0) is 29.7 Å². The highest BCUT2D eigenvalue weighted by molar-refractivity contribution is 7.86. The summed E-state index contributed by atoms with van der Waals surface area (Å²) in [6.07, 6.45) is 0.715. The molecule has 0 spiro atoms. The van der Waals surface area contributed by atoms with Gasteiger partial charge in [-0.15, -0.1) is 14.1 Å². The maximum absolute atomic E-state index is 12.6. The van der Waals surface area contributed by atoms with Crippen molar-refractivity contribution in [2.75, 3.05) is 18.8 Å². The number of hydrogen-bond acceptors (Lipinski definition) is 5. The van der Waals surface area contributed by atoms with Crippen LogP contribution in [0.15, 0.2) is 30.3 Å². The van der Waals surface area contributed by atoms with Crippen molar-refractivity contribution in [3.8, 4) is 0 Å². The van der Waals surface area contributed by atoms with Crippen LogP contribution >= 0.6 is 0 Å². The zero-order valence-corrected chi connectivity index (χ0v) is 12.8. The lowest BCUT2D eigenvalue weighted by atomic mass is 10.1. The summed E-state index contributed by atoms with van der Waals surface area (Å²) in [6, 6.07) is 10.0. The first-order chi connectivity index (χ1) is 10.5. The minimum absolute atomic E-state index is 0.180. The molecule has 1 aromatic carbocycles. The van der Waals surface area contributed by atoms with Gasteiger partial charge in [0.05, 0.1) is 12.3 Å². The van der Waals surface area contributed by atoms with Crippen LogP contribution < -0.4 is 0 Å². The van der Waals surface area contributed by atoms with Gasteiger partial charge in [-0.3, -0.25) is 4.90 Å². The molecule has 0 saturated carbocycles. The third-order valence-corrected chi connectivity index (χ3v) is 4.44. The Bertz CT molecular complexity index is 745. The van der Waals surface area contributed by atoms with Gasteiger partial charge in [-0.2, -0.15) is 8.42 Å². The van der Waals surface area contributed by atoms with Crippen LogP contribution in [0.1, 0.15) is 17.2 Å². The summed E-state index contributed by atoms with van der Waals surface area (Å²) < 4.78 is 35.9. The summed E-state index contributed by atoms with van der Waals surface area (Å²) in [5, 5.41) is 8.41. The molecular weight excluding hydrogens is 307 g/mol. The first-order valence-corrected chi connectivity index (χ1v) is 8.66. The molecule has 0 radical (unpaired) electrons. The summed E-state index contributed by atoms with van der Waals surface area (Å²) >= 11 is 0. The van der Waals surface area contributed by atoms with Crippen LogP contribution in [0.4, 0.5) is 3.89 Å². The molecule has 2 heterocycles. The minimum Gasteiger partial charge on any atom is -0.312 e. The fourth-order valence-corrected chi connectivity index (χ4v) is 3.08. The lowest BCUT2D eigenvalue weighted by Crippen LogP contribution is -2.37. The SMILES string of the molecule is O=S(=O)(F)CCN1CCn2c(Cc3ccccc3)nnc2C1. The molecular formula is C14H17FN4O2S. The number of rotatable bonds is 5. The first-order valence-electron chi connectivity index (χ1n) is 7.11. The normalized spacial score (nSPS) is 15.7. The molecule has 0 unspecified atom stereocenters. The van der Waals surface area contributed by atoms with E-state index in [2.05, 4.69) is 14.8 Å². The highest BCUT2D eigenvalue weighted by atomic mass is 32.3. The lowest BCUT2D eigenvalue weighted by Gasteiger charge is -2.27. The van der Waals surface area contributed by atoms with Crippen molar-refractivity contribution >= 4 is 10.2 Å². The summed E-state index contributed by atoms with van der Waals surface area (Å²) in [6.45, 7) is 2.04. The highest BCUT2D eigenvalue weighted by Crippen LogP contribution is 2.15. The van der Waals surface area contributed by atoms with Crippen LogP contribution in [0.2, 0.25) is 0 Å². The molecule has 0 fully saturated rings. The van der Waals surface area contributed by atoms with E-state index in [9.17, 15) is 12.3 Å². The lowest BCUT2D eigenvalue weighted by molar-refractivity contribution is 0.227. The molecule has 0 amide bonds. The van der Waals surface area contributed by atoms with E-state index in [1.807, 2.05) is 35.2 Å². The summed E-state index contributed by atoms with van der Waals surface area (Å²) in [4.78, 5) is 1.88. The van der Waals surface area contributed by atoms with Crippen molar-refractivity contribution in [1.29, 1.82) is 0 Å². The van der Waals surface area contributed by atoms with Crippen LogP contribution in [-0.4, -0.2) is 46.9 Å². The van der Waals surface area contributed by atoms with Crippen molar-refractivity contribution < 1.29 is 12.3 Å². The summed E-state index contributed by atoms with van der Waals surface area (Å²) in [7, 11) is -4.42. The Morgan fingerprint density at radius 2 is 1.91 bits per heavy atom. The van der Waals surface area contributed by atoms with E-state index in [4.69, 9.17) is 0 Å². The first kappa shape index (κ1) is 15.1. The second-order valence-corrected chi connectivity index (χ2v) is 6.85. The van der Waals surface area contributed by atoms with Crippen molar-refractivity contribution in [3.63, 3.8) is 0 Å². The number of halogens is 1. The van der Waals surface area contributed by atoms with Crippen molar-refractivity contribution in [1.82, 2.24) is 19.7 Å². The Balaban J connectivity index is 1.67. The molecule has 6 nitrogen and oxygen atoms in total. The average Bonchev–Trinajstić information content (AvgIpc) is 2.88.